The highest BCUT2D eigenvalue weighted by Crippen LogP contribution is 2.40. The van der Waals surface area contributed by atoms with Crippen LogP contribution in [0.1, 0.15) is 21.7 Å². The number of carbonyl (C=O) groups excluding carboxylic acids is 1. The van der Waals surface area contributed by atoms with Gasteiger partial charge in [0.05, 0.1) is 7.11 Å². The molecular formula is C21H18O5. The lowest BCUT2D eigenvalue weighted by Crippen LogP contribution is -2.16. The Labute approximate surface area is 150 Å². The van der Waals surface area contributed by atoms with Crippen molar-refractivity contribution in [1.29, 1.82) is 0 Å². The zero-order chi connectivity index (χ0) is 18.1. The number of carbonyl (C=O) groups is 1. The summed E-state index contributed by atoms with van der Waals surface area (Å²) in [7, 11) is 1.57. The van der Waals surface area contributed by atoms with Gasteiger partial charge in [-0.2, -0.15) is 0 Å². The molecular weight excluding hydrogens is 332 g/mol. The maximum absolute atomic E-state index is 12.6. The van der Waals surface area contributed by atoms with Crippen LogP contribution in [0.3, 0.4) is 0 Å². The number of aryl methyl sites for hydroxylation is 1. The standard InChI is InChI=1S/C21H18O5/c1-13-15-5-3-4-6-17(15)26-20(13)16(22)8-7-14-11-18(23-2)21-19(12-14)24-9-10-25-21/h3-8,11-12H,9-10H2,1-2H3/b8-7+. The summed E-state index contributed by atoms with van der Waals surface area (Å²) in [6.07, 6.45) is 3.21. The number of hydrogen-bond acceptors (Lipinski definition) is 5. The average molecular weight is 350 g/mol. The fraction of sp³-hybridized carbons (Fsp3) is 0.190. The van der Waals surface area contributed by atoms with Gasteiger partial charge in [0.1, 0.15) is 18.8 Å². The van der Waals surface area contributed by atoms with Crippen molar-refractivity contribution >= 4 is 22.8 Å². The van der Waals surface area contributed by atoms with E-state index in [0.717, 1.165) is 16.5 Å². The van der Waals surface area contributed by atoms with Crippen molar-refractivity contribution in [2.24, 2.45) is 0 Å². The second-order valence-electron chi connectivity index (χ2n) is 6.00. The van der Waals surface area contributed by atoms with Crippen LogP contribution in [-0.2, 0) is 0 Å². The quantitative estimate of drug-likeness (QED) is 0.515. The second-order valence-corrected chi connectivity index (χ2v) is 6.00. The molecule has 2 heterocycles. The molecule has 5 heteroatoms. The summed E-state index contributed by atoms with van der Waals surface area (Å²) in [4.78, 5) is 12.6. The number of benzene rings is 2. The monoisotopic (exact) mass is 350 g/mol. The zero-order valence-electron chi connectivity index (χ0n) is 14.6. The Morgan fingerprint density at radius 3 is 2.77 bits per heavy atom. The van der Waals surface area contributed by atoms with E-state index in [1.807, 2.05) is 43.3 Å². The Bertz CT molecular complexity index is 995. The fourth-order valence-electron chi connectivity index (χ4n) is 3.05. The Morgan fingerprint density at radius 2 is 1.96 bits per heavy atom. The number of para-hydroxylation sites is 1. The van der Waals surface area contributed by atoms with E-state index in [2.05, 4.69) is 0 Å². The lowest BCUT2D eigenvalue weighted by molar-refractivity contribution is 0.102. The van der Waals surface area contributed by atoms with Crippen LogP contribution in [-0.4, -0.2) is 26.1 Å². The smallest absolute Gasteiger partial charge is 0.221 e. The number of ether oxygens (including phenoxy) is 3. The molecule has 5 nitrogen and oxygen atoms in total. The first-order valence-electron chi connectivity index (χ1n) is 8.35. The molecule has 0 bridgehead atoms. The van der Waals surface area contributed by atoms with Gasteiger partial charge in [0, 0.05) is 10.9 Å². The molecule has 1 aliphatic rings. The summed E-state index contributed by atoms with van der Waals surface area (Å²) in [5.74, 6) is 1.95. The normalized spacial score (nSPS) is 13.3. The van der Waals surface area contributed by atoms with Gasteiger partial charge >= 0.3 is 0 Å². The van der Waals surface area contributed by atoms with Gasteiger partial charge in [-0.3, -0.25) is 4.79 Å². The van der Waals surface area contributed by atoms with E-state index in [-0.39, 0.29) is 5.78 Å². The summed E-state index contributed by atoms with van der Waals surface area (Å²) in [5, 5.41) is 0.949. The maximum atomic E-state index is 12.6. The minimum Gasteiger partial charge on any atom is -0.493 e. The van der Waals surface area contributed by atoms with Crippen LogP contribution in [0.15, 0.2) is 46.9 Å². The summed E-state index contributed by atoms with van der Waals surface area (Å²) >= 11 is 0. The summed E-state index contributed by atoms with van der Waals surface area (Å²) in [6, 6.07) is 11.2. The molecule has 132 valence electrons. The van der Waals surface area contributed by atoms with Crippen LogP contribution in [0, 0.1) is 6.92 Å². The lowest BCUT2D eigenvalue weighted by Gasteiger charge is -2.20. The molecule has 1 aliphatic heterocycles. The number of rotatable bonds is 4. The van der Waals surface area contributed by atoms with Crippen LogP contribution in [0.4, 0.5) is 0 Å². The van der Waals surface area contributed by atoms with E-state index in [1.54, 1.807) is 13.2 Å². The van der Waals surface area contributed by atoms with Gasteiger partial charge < -0.3 is 18.6 Å². The first kappa shape index (κ1) is 16.3. The molecule has 0 fully saturated rings. The second kappa shape index (κ2) is 6.59. The molecule has 4 rings (SSSR count). The third kappa shape index (κ3) is 2.81. The number of furan rings is 1. The van der Waals surface area contributed by atoms with E-state index in [4.69, 9.17) is 18.6 Å². The van der Waals surface area contributed by atoms with Gasteiger partial charge in [0.15, 0.2) is 17.3 Å². The van der Waals surface area contributed by atoms with Gasteiger partial charge in [0.25, 0.3) is 0 Å². The fourth-order valence-corrected chi connectivity index (χ4v) is 3.05. The number of ketones is 1. The van der Waals surface area contributed by atoms with Crippen molar-refractivity contribution in [3.05, 3.63) is 59.4 Å². The minimum absolute atomic E-state index is 0.187. The predicted octanol–water partition coefficient (Wildman–Crippen LogP) is 4.42. The highest BCUT2D eigenvalue weighted by molar-refractivity contribution is 6.08. The molecule has 2 aromatic carbocycles. The Balaban J connectivity index is 1.65. The average Bonchev–Trinajstić information content (AvgIpc) is 3.02. The van der Waals surface area contributed by atoms with E-state index in [1.165, 1.54) is 6.08 Å². The number of hydrogen-bond donors (Lipinski definition) is 0. The third-order valence-corrected chi connectivity index (χ3v) is 4.34. The zero-order valence-corrected chi connectivity index (χ0v) is 14.6. The van der Waals surface area contributed by atoms with Crippen LogP contribution >= 0.6 is 0 Å². The van der Waals surface area contributed by atoms with E-state index >= 15 is 0 Å². The first-order chi connectivity index (χ1) is 12.7. The molecule has 0 radical (unpaired) electrons. The van der Waals surface area contributed by atoms with Crippen molar-refractivity contribution in [3.8, 4) is 17.2 Å². The van der Waals surface area contributed by atoms with Gasteiger partial charge in [-0.15, -0.1) is 0 Å². The van der Waals surface area contributed by atoms with Crippen LogP contribution in [0.25, 0.3) is 17.0 Å². The predicted molar refractivity (Wildman–Crippen MR) is 98.3 cm³/mol. The summed E-state index contributed by atoms with van der Waals surface area (Å²) in [6.45, 7) is 2.86. The third-order valence-electron chi connectivity index (χ3n) is 4.34. The SMILES string of the molecule is COc1cc(/C=C/C(=O)c2oc3ccccc3c2C)cc2c1OCCO2. The van der Waals surface area contributed by atoms with Gasteiger partial charge in [-0.05, 0) is 36.8 Å². The summed E-state index contributed by atoms with van der Waals surface area (Å²) < 4.78 is 22.3. The topological polar surface area (TPSA) is 57.9 Å². The van der Waals surface area contributed by atoms with Gasteiger partial charge in [0.2, 0.25) is 11.5 Å². The summed E-state index contributed by atoms with van der Waals surface area (Å²) in [5.41, 5.74) is 2.34. The Kier molecular flexibility index (Phi) is 4.13. The number of methoxy groups -OCH3 is 1. The first-order valence-corrected chi connectivity index (χ1v) is 8.35. The van der Waals surface area contributed by atoms with Crippen molar-refractivity contribution in [3.63, 3.8) is 0 Å². The van der Waals surface area contributed by atoms with E-state index < -0.39 is 0 Å². The van der Waals surface area contributed by atoms with Crippen molar-refractivity contribution in [2.75, 3.05) is 20.3 Å². The molecule has 1 aromatic heterocycles. The molecule has 0 N–H and O–H groups in total. The lowest BCUT2D eigenvalue weighted by atomic mass is 10.1. The molecule has 0 saturated carbocycles. The van der Waals surface area contributed by atoms with E-state index in [9.17, 15) is 4.79 Å². The van der Waals surface area contributed by atoms with E-state index in [0.29, 0.717) is 41.8 Å². The van der Waals surface area contributed by atoms with Crippen molar-refractivity contribution in [1.82, 2.24) is 0 Å². The molecule has 0 saturated heterocycles. The highest BCUT2D eigenvalue weighted by Gasteiger charge is 2.18. The molecule has 3 aromatic rings. The maximum Gasteiger partial charge on any atom is 0.221 e. The molecule has 26 heavy (non-hydrogen) atoms. The molecule has 0 atom stereocenters. The van der Waals surface area contributed by atoms with Gasteiger partial charge in [-0.1, -0.05) is 24.3 Å². The molecule has 0 aliphatic carbocycles. The number of fused-ring (bicyclic) bond motifs is 2. The molecule has 0 spiro atoms. The highest BCUT2D eigenvalue weighted by atomic mass is 16.6. The van der Waals surface area contributed by atoms with Crippen LogP contribution in [0.2, 0.25) is 0 Å². The Morgan fingerprint density at radius 1 is 1.15 bits per heavy atom. The molecule has 0 amide bonds. The van der Waals surface area contributed by atoms with Crippen molar-refractivity contribution in [2.45, 2.75) is 6.92 Å². The van der Waals surface area contributed by atoms with Crippen LogP contribution < -0.4 is 14.2 Å². The minimum atomic E-state index is -0.187. The Hall–Kier alpha value is -3.21. The molecule has 0 unspecified atom stereocenters. The van der Waals surface area contributed by atoms with Crippen LogP contribution in [0.5, 0.6) is 17.2 Å². The van der Waals surface area contributed by atoms with Crippen molar-refractivity contribution < 1.29 is 23.4 Å². The largest absolute Gasteiger partial charge is 0.493 e. The number of allylic oxidation sites excluding steroid dienone is 1. The van der Waals surface area contributed by atoms with Gasteiger partial charge in [-0.25, -0.2) is 0 Å².